The Kier molecular flexibility index (Phi) is 5.37. The van der Waals surface area contributed by atoms with Crippen molar-refractivity contribution in [1.29, 1.82) is 0 Å². The van der Waals surface area contributed by atoms with E-state index in [1.54, 1.807) is 78.9 Å². The average molecular weight is 443 g/mol. The Bertz CT molecular complexity index is 1150. The highest BCUT2D eigenvalue weighted by Crippen LogP contribution is 2.57. The number of amides is 1. The van der Waals surface area contributed by atoms with Crippen molar-refractivity contribution in [2.45, 2.75) is 31.0 Å². The lowest BCUT2D eigenvalue weighted by Crippen LogP contribution is -2.50. The van der Waals surface area contributed by atoms with E-state index in [-0.39, 0.29) is 6.42 Å². The molecule has 4 atom stereocenters. The lowest BCUT2D eigenvalue weighted by molar-refractivity contribution is -0.165. The van der Waals surface area contributed by atoms with Gasteiger partial charge in [0.05, 0.1) is 5.92 Å². The van der Waals surface area contributed by atoms with E-state index in [4.69, 9.17) is 9.47 Å². The number of para-hydroxylation sites is 1. The van der Waals surface area contributed by atoms with E-state index in [0.29, 0.717) is 23.4 Å². The smallest absolute Gasteiger partial charge is 0.270 e. The summed E-state index contributed by atoms with van der Waals surface area (Å²) in [6.45, 7) is 2.18. The summed E-state index contributed by atoms with van der Waals surface area (Å²) in [5, 5.41) is 12.4. The molecule has 3 aromatic rings. The first-order valence-corrected chi connectivity index (χ1v) is 11.1. The molecule has 2 aliphatic rings. The van der Waals surface area contributed by atoms with Gasteiger partial charge in [-0.15, -0.1) is 0 Å². The second-order valence-electron chi connectivity index (χ2n) is 8.29. The normalized spacial score (nSPS) is 28.7. The maximum Gasteiger partial charge on any atom is 0.270 e. The molecule has 0 aliphatic carbocycles. The van der Waals surface area contributed by atoms with Crippen molar-refractivity contribution < 1.29 is 24.2 Å². The summed E-state index contributed by atoms with van der Waals surface area (Å²) in [6, 6.07) is 26.5. The predicted molar refractivity (Wildman–Crippen MR) is 122 cm³/mol. The van der Waals surface area contributed by atoms with Gasteiger partial charge in [-0.05, 0) is 19.1 Å². The summed E-state index contributed by atoms with van der Waals surface area (Å²) >= 11 is 0. The molecule has 0 aromatic heterocycles. The molecule has 0 bridgehead atoms. The molecule has 2 saturated heterocycles. The van der Waals surface area contributed by atoms with Crippen LogP contribution in [0.2, 0.25) is 0 Å². The molecule has 2 fully saturated rings. The standard InChI is InChI=1S/C27H25NO5/c1-2-32-23-18-22-26(33-23,24(29)19-12-6-3-7-13-19)25(30)28(21-16-10-5-11-17-21)27(22,31)20-14-8-4-9-15-20/h3-17,22-23,31H,2,18H2,1H3/t22?,23-,26-,27+/m1/s1. The minimum Gasteiger partial charge on any atom is -0.366 e. The van der Waals surface area contributed by atoms with Gasteiger partial charge in [0.2, 0.25) is 11.4 Å². The van der Waals surface area contributed by atoms with Crippen molar-refractivity contribution >= 4 is 17.4 Å². The number of hydrogen-bond acceptors (Lipinski definition) is 5. The van der Waals surface area contributed by atoms with Crippen LogP contribution in [0.4, 0.5) is 5.69 Å². The van der Waals surface area contributed by atoms with E-state index in [1.165, 1.54) is 4.90 Å². The first-order valence-electron chi connectivity index (χ1n) is 11.1. The zero-order valence-electron chi connectivity index (χ0n) is 18.3. The number of hydrogen-bond donors (Lipinski definition) is 1. The third kappa shape index (κ3) is 3.14. The van der Waals surface area contributed by atoms with E-state index in [9.17, 15) is 14.7 Å². The number of ketones is 1. The van der Waals surface area contributed by atoms with Gasteiger partial charge >= 0.3 is 0 Å². The number of anilines is 1. The largest absolute Gasteiger partial charge is 0.366 e. The second kappa shape index (κ2) is 8.23. The summed E-state index contributed by atoms with van der Waals surface area (Å²) in [7, 11) is 0. The van der Waals surface area contributed by atoms with Crippen LogP contribution in [0.1, 0.15) is 29.3 Å². The zero-order chi connectivity index (χ0) is 23.1. The molecule has 2 aliphatic heterocycles. The Morgan fingerprint density at radius 2 is 1.58 bits per heavy atom. The molecule has 33 heavy (non-hydrogen) atoms. The van der Waals surface area contributed by atoms with Crippen molar-refractivity contribution in [1.82, 2.24) is 0 Å². The Hall–Kier alpha value is -3.32. The average Bonchev–Trinajstić information content (AvgIpc) is 3.34. The van der Waals surface area contributed by atoms with Gasteiger partial charge < -0.3 is 14.6 Å². The third-order valence-electron chi connectivity index (χ3n) is 6.52. The number of nitrogens with zero attached hydrogens (tertiary/aromatic N) is 1. The molecule has 168 valence electrons. The van der Waals surface area contributed by atoms with Crippen LogP contribution in [0.3, 0.4) is 0 Å². The van der Waals surface area contributed by atoms with E-state index >= 15 is 0 Å². The minimum absolute atomic E-state index is 0.187. The Balaban J connectivity index is 1.74. The molecule has 3 aromatic carbocycles. The fourth-order valence-electron chi connectivity index (χ4n) is 5.13. The van der Waals surface area contributed by atoms with Crippen molar-refractivity contribution in [3.8, 4) is 0 Å². The van der Waals surface area contributed by atoms with Gasteiger partial charge in [-0.2, -0.15) is 0 Å². The quantitative estimate of drug-likeness (QED) is 0.462. The molecule has 6 heteroatoms. The summed E-state index contributed by atoms with van der Waals surface area (Å²) in [4.78, 5) is 29.5. The van der Waals surface area contributed by atoms with E-state index in [2.05, 4.69) is 0 Å². The molecule has 5 rings (SSSR count). The fourth-order valence-corrected chi connectivity index (χ4v) is 5.13. The van der Waals surface area contributed by atoms with Crippen molar-refractivity contribution in [2.24, 2.45) is 5.92 Å². The molecule has 6 nitrogen and oxygen atoms in total. The molecule has 0 saturated carbocycles. The first-order chi connectivity index (χ1) is 16.0. The number of fused-ring (bicyclic) bond motifs is 1. The molecule has 2 heterocycles. The maximum atomic E-state index is 14.2. The number of aliphatic hydroxyl groups is 1. The van der Waals surface area contributed by atoms with Crippen LogP contribution in [0, 0.1) is 5.92 Å². The van der Waals surface area contributed by atoms with Gasteiger partial charge in [0.1, 0.15) is 0 Å². The Morgan fingerprint density at radius 3 is 2.18 bits per heavy atom. The fraction of sp³-hybridized carbons (Fsp3) is 0.259. The van der Waals surface area contributed by atoms with Crippen LogP contribution >= 0.6 is 0 Å². The lowest BCUT2D eigenvalue weighted by Gasteiger charge is -2.37. The van der Waals surface area contributed by atoms with Gasteiger partial charge in [-0.3, -0.25) is 14.5 Å². The Morgan fingerprint density at radius 1 is 1.00 bits per heavy atom. The van der Waals surface area contributed by atoms with Gasteiger partial charge in [-0.25, -0.2) is 0 Å². The molecular weight excluding hydrogens is 418 g/mol. The first kappa shape index (κ1) is 21.5. The molecule has 0 radical (unpaired) electrons. The molecule has 1 N–H and O–H groups in total. The molecule has 1 unspecified atom stereocenters. The van der Waals surface area contributed by atoms with Gasteiger partial charge in [0.15, 0.2) is 12.0 Å². The van der Waals surface area contributed by atoms with E-state index in [0.717, 1.165) is 0 Å². The number of Topliss-reactive ketones (excluding diaryl/α,β-unsaturated/α-hetero) is 1. The highest BCUT2D eigenvalue weighted by atomic mass is 16.7. The highest BCUT2D eigenvalue weighted by molar-refractivity contribution is 6.23. The van der Waals surface area contributed by atoms with Crippen molar-refractivity contribution in [3.05, 3.63) is 102 Å². The van der Waals surface area contributed by atoms with Crippen LogP contribution in [-0.2, 0) is 20.0 Å². The maximum absolute atomic E-state index is 14.2. The van der Waals surface area contributed by atoms with Crippen molar-refractivity contribution in [2.75, 3.05) is 11.5 Å². The summed E-state index contributed by atoms with van der Waals surface area (Å²) in [6.07, 6.45) is -0.600. The van der Waals surface area contributed by atoms with Gasteiger partial charge in [0, 0.05) is 29.8 Å². The lowest BCUT2D eigenvalue weighted by atomic mass is 9.76. The Labute approximate surface area is 192 Å². The summed E-state index contributed by atoms with van der Waals surface area (Å²) in [5.74, 6) is -1.96. The molecule has 0 spiro atoms. The number of ether oxygens (including phenoxy) is 2. The minimum atomic E-state index is -1.92. The van der Waals surface area contributed by atoms with Crippen LogP contribution in [-0.4, -0.2) is 35.3 Å². The van der Waals surface area contributed by atoms with Crippen LogP contribution in [0.15, 0.2) is 91.0 Å². The SMILES string of the molecule is CCO[C@H]1CC2[C@](C(=O)c3ccccc3)(O1)C(=O)N(c1ccccc1)[C@]2(O)c1ccccc1. The van der Waals surface area contributed by atoms with E-state index in [1.807, 2.05) is 19.1 Å². The topological polar surface area (TPSA) is 76.1 Å². The van der Waals surface area contributed by atoms with Crippen LogP contribution < -0.4 is 4.90 Å². The summed E-state index contributed by atoms with van der Waals surface area (Å²) < 4.78 is 11.9. The van der Waals surface area contributed by atoms with Crippen LogP contribution in [0.25, 0.3) is 0 Å². The van der Waals surface area contributed by atoms with Crippen molar-refractivity contribution in [3.63, 3.8) is 0 Å². The third-order valence-corrected chi connectivity index (χ3v) is 6.52. The number of carbonyl (C=O) groups is 2. The summed E-state index contributed by atoms with van der Waals surface area (Å²) in [5.41, 5.74) is -2.38. The van der Waals surface area contributed by atoms with E-state index < -0.39 is 35.2 Å². The molecular formula is C27H25NO5. The monoisotopic (exact) mass is 443 g/mol. The number of benzene rings is 3. The molecule has 1 amide bonds. The number of rotatable bonds is 6. The predicted octanol–water partition coefficient (Wildman–Crippen LogP) is 3.90. The second-order valence-corrected chi connectivity index (χ2v) is 8.29. The number of carbonyl (C=O) groups excluding carboxylic acids is 2. The zero-order valence-corrected chi connectivity index (χ0v) is 18.3. The highest BCUT2D eigenvalue weighted by Gasteiger charge is 2.75. The van der Waals surface area contributed by atoms with Gasteiger partial charge in [-0.1, -0.05) is 78.9 Å². The van der Waals surface area contributed by atoms with Crippen LogP contribution in [0.5, 0.6) is 0 Å². The van der Waals surface area contributed by atoms with Gasteiger partial charge in [0.25, 0.3) is 5.91 Å².